The molecule has 4 N–H and O–H groups in total. The van der Waals surface area contributed by atoms with Crippen molar-refractivity contribution in [1.82, 2.24) is 5.32 Å². The second kappa shape index (κ2) is 8.46. The second-order valence-corrected chi connectivity index (χ2v) is 7.66. The molecule has 0 atom stereocenters. The molecule has 1 aromatic heterocycles. The molecule has 7 heteroatoms. The largest absolute Gasteiger partial charge is 0.356 e. The number of aliphatic imine (C=N–C) groups is 1. The van der Waals surface area contributed by atoms with Gasteiger partial charge < -0.3 is 16.4 Å². The van der Waals surface area contributed by atoms with Crippen molar-refractivity contribution in [3.8, 4) is 0 Å². The van der Waals surface area contributed by atoms with E-state index in [1.807, 2.05) is 17.5 Å². The standard InChI is InChI=1S/C17H22ClFN4S/c1-17(2,10-20)11-22-16(21-9-13-4-3-7-24-13)23-12-5-6-15(19)14(18)8-12/h3-8H,9-11,20H2,1-2H3,(H2,21,22,23). The van der Waals surface area contributed by atoms with Crippen LogP contribution in [0, 0.1) is 11.2 Å². The number of hydrogen-bond donors (Lipinski definition) is 3. The predicted octanol–water partition coefficient (Wildman–Crippen LogP) is 4.08. The molecule has 0 saturated heterocycles. The molecule has 0 bridgehead atoms. The van der Waals surface area contributed by atoms with Crippen molar-refractivity contribution in [1.29, 1.82) is 0 Å². The first-order valence-electron chi connectivity index (χ1n) is 7.62. The van der Waals surface area contributed by atoms with Gasteiger partial charge in [0.1, 0.15) is 5.82 Å². The van der Waals surface area contributed by atoms with Crippen LogP contribution in [0.25, 0.3) is 0 Å². The van der Waals surface area contributed by atoms with Crippen molar-refractivity contribution < 1.29 is 4.39 Å². The zero-order valence-electron chi connectivity index (χ0n) is 13.8. The minimum atomic E-state index is -0.448. The maximum atomic E-state index is 13.3. The molecule has 1 aromatic carbocycles. The van der Waals surface area contributed by atoms with Gasteiger partial charge in [-0.05, 0) is 41.6 Å². The summed E-state index contributed by atoms with van der Waals surface area (Å²) in [6, 6.07) is 8.51. The van der Waals surface area contributed by atoms with Crippen molar-refractivity contribution in [3.63, 3.8) is 0 Å². The summed E-state index contributed by atoms with van der Waals surface area (Å²) in [5.41, 5.74) is 6.38. The first-order valence-corrected chi connectivity index (χ1v) is 8.88. The molecule has 2 rings (SSSR count). The van der Waals surface area contributed by atoms with Gasteiger partial charge in [-0.15, -0.1) is 11.3 Å². The quantitative estimate of drug-likeness (QED) is 0.531. The van der Waals surface area contributed by atoms with Gasteiger partial charge in [0.2, 0.25) is 0 Å². The Kier molecular flexibility index (Phi) is 6.60. The van der Waals surface area contributed by atoms with Crippen LogP contribution in [0.5, 0.6) is 0 Å². The Labute approximate surface area is 150 Å². The molecule has 0 amide bonds. The summed E-state index contributed by atoms with van der Waals surface area (Å²) < 4.78 is 13.3. The molecule has 0 radical (unpaired) electrons. The zero-order valence-corrected chi connectivity index (χ0v) is 15.3. The van der Waals surface area contributed by atoms with Crippen LogP contribution in [0.1, 0.15) is 18.7 Å². The molecule has 4 nitrogen and oxygen atoms in total. The minimum Gasteiger partial charge on any atom is -0.356 e. The van der Waals surface area contributed by atoms with E-state index in [-0.39, 0.29) is 10.4 Å². The summed E-state index contributed by atoms with van der Waals surface area (Å²) in [6.07, 6.45) is 0. The highest BCUT2D eigenvalue weighted by Crippen LogP contribution is 2.19. The lowest BCUT2D eigenvalue weighted by Gasteiger charge is -2.24. The normalized spacial score (nSPS) is 12.3. The van der Waals surface area contributed by atoms with Gasteiger partial charge in [-0.2, -0.15) is 0 Å². The third-order valence-corrected chi connectivity index (χ3v) is 4.59. The third kappa shape index (κ3) is 5.78. The van der Waals surface area contributed by atoms with E-state index in [9.17, 15) is 4.39 Å². The summed E-state index contributed by atoms with van der Waals surface area (Å²) in [6.45, 7) is 5.93. The fraction of sp³-hybridized carbons (Fsp3) is 0.353. The van der Waals surface area contributed by atoms with Crippen LogP contribution in [0.4, 0.5) is 10.1 Å². The Morgan fingerprint density at radius 3 is 2.79 bits per heavy atom. The van der Waals surface area contributed by atoms with Crippen molar-refractivity contribution in [3.05, 3.63) is 51.4 Å². The first-order chi connectivity index (χ1) is 11.4. The molecule has 0 aliphatic rings. The van der Waals surface area contributed by atoms with Crippen molar-refractivity contribution >= 4 is 34.6 Å². The van der Waals surface area contributed by atoms with Gasteiger partial charge in [-0.1, -0.05) is 31.5 Å². The smallest absolute Gasteiger partial charge is 0.196 e. The summed E-state index contributed by atoms with van der Waals surface area (Å²) in [5.74, 6) is 0.157. The lowest BCUT2D eigenvalue weighted by Crippen LogP contribution is -2.41. The molecule has 0 aliphatic heterocycles. The Balaban J connectivity index is 2.11. The number of nitrogens with one attached hydrogen (secondary N) is 2. The number of rotatable bonds is 6. The lowest BCUT2D eigenvalue weighted by atomic mass is 9.94. The number of nitrogens with two attached hydrogens (primary N) is 1. The van der Waals surface area contributed by atoms with Crippen LogP contribution in [-0.2, 0) is 6.54 Å². The summed E-state index contributed by atoms with van der Waals surface area (Å²) in [4.78, 5) is 5.74. The van der Waals surface area contributed by atoms with Crippen LogP contribution < -0.4 is 16.4 Å². The molecule has 130 valence electrons. The zero-order chi connectivity index (χ0) is 17.6. The Bertz CT molecular complexity index is 686. The van der Waals surface area contributed by atoms with E-state index >= 15 is 0 Å². The van der Waals surface area contributed by atoms with E-state index < -0.39 is 5.82 Å². The van der Waals surface area contributed by atoms with Crippen molar-refractivity contribution in [2.75, 3.05) is 18.4 Å². The van der Waals surface area contributed by atoms with E-state index in [0.29, 0.717) is 31.3 Å². The highest BCUT2D eigenvalue weighted by atomic mass is 35.5. The Morgan fingerprint density at radius 1 is 1.38 bits per heavy atom. The number of guanidine groups is 1. The average molecular weight is 369 g/mol. The van der Waals surface area contributed by atoms with Gasteiger partial charge in [-0.3, -0.25) is 0 Å². The van der Waals surface area contributed by atoms with E-state index in [1.54, 1.807) is 17.4 Å². The maximum absolute atomic E-state index is 13.3. The number of anilines is 1. The SMILES string of the molecule is CC(C)(CN)CNC(=NCc1cccs1)Nc1ccc(F)c(Cl)c1. The van der Waals surface area contributed by atoms with E-state index in [4.69, 9.17) is 17.3 Å². The van der Waals surface area contributed by atoms with Crippen LogP contribution in [0.15, 0.2) is 40.7 Å². The number of thiophene rings is 1. The molecular formula is C17H22ClFN4S. The molecular weight excluding hydrogens is 347 g/mol. The lowest BCUT2D eigenvalue weighted by molar-refractivity contribution is 0.376. The Morgan fingerprint density at radius 2 is 2.17 bits per heavy atom. The molecule has 2 aromatic rings. The van der Waals surface area contributed by atoms with Crippen LogP contribution in [0.2, 0.25) is 5.02 Å². The van der Waals surface area contributed by atoms with Crippen LogP contribution in [-0.4, -0.2) is 19.0 Å². The van der Waals surface area contributed by atoms with Gasteiger partial charge >= 0.3 is 0 Å². The summed E-state index contributed by atoms with van der Waals surface area (Å²) >= 11 is 7.49. The fourth-order valence-corrected chi connectivity index (χ4v) is 2.61. The highest BCUT2D eigenvalue weighted by Gasteiger charge is 2.16. The molecule has 0 aliphatic carbocycles. The number of halogens is 2. The van der Waals surface area contributed by atoms with E-state index in [1.165, 1.54) is 12.1 Å². The monoisotopic (exact) mass is 368 g/mol. The average Bonchev–Trinajstić information content (AvgIpc) is 3.07. The Hall–Kier alpha value is -1.63. The van der Waals surface area contributed by atoms with Crippen molar-refractivity contribution in [2.24, 2.45) is 16.1 Å². The molecule has 24 heavy (non-hydrogen) atoms. The van der Waals surface area contributed by atoms with Crippen molar-refractivity contribution in [2.45, 2.75) is 20.4 Å². The summed E-state index contributed by atoms with van der Waals surface area (Å²) in [7, 11) is 0. The van der Waals surface area contributed by atoms with E-state index in [0.717, 1.165) is 4.88 Å². The topological polar surface area (TPSA) is 62.4 Å². The van der Waals surface area contributed by atoms with Crippen LogP contribution in [0.3, 0.4) is 0 Å². The third-order valence-electron chi connectivity index (χ3n) is 3.44. The molecule has 0 saturated carbocycles. The van der Waals surface area contributed by atoms with Gasteiger partial charge in [0.15, 0.2) is 5.96 Å². The number of hydrogen-bond acceptors (Lipinski definition) is 3. The maximum Gasteiger partial charge on any atom is 0.196 e. The van der Waals surface area contributed by atoms with E-state index in [2.05, 4.69) is 29.5 Å². The molecule has 0 spiro atoms. The van der Waals surface area contributed by atoms with Gasteiger partial charge in [0, 0.05) is 17.1 Å². The second-order valence-electron chi connectivity index (χ2n) is 6.22. The molecule has 1 heterocycles. The van der Waals surface area contributed by atoms with Gasteiger partial charge in [0.05, 0.1) is 11.6 Å². The van der Waals surface area contributed by atoms with Gasteiger partial charge in [-0.25, -0.2) is 9.38 Å². The predicted molar refractivity (Wildman–Crippen MR) is 101 cm³/mol. The van der Waals surface area contributed by atoms with Crippen LogP contribution >= 0.6 is 22.9 Å². The molecule has 0 fully saturated rings. The molecule has 0 unspecified atom stereocenters. The first kappa shape index (κ1) is 18.7. The summed E-state index contributed by atoms with van der Waals surface area (Å²) in [5, 5.41) is 8.53. The highest BCUT2D eigenvalue weighted by molar-refractivity contribution is 7.09. The number of benzene rings is 1. The fourth-order valence-electron chi connectivity index (χ4n) is 1.80. The number of nitrogens with zero attached hydrogens (tertiary/aromatic N) is 1. The minimum absolute atomic E-state index is 0.0637. The van der Waals surface area contributed by atoms with Gasteiger partial charge in [0.25, 0.3) is 0 Å².